The molecule has 0 radical (unpaired) electrons. The van der Waals surface area contributed by atoms with Crippen LogP contribution < -0.4 is 14.4 Å². The zero-order chi connectivity index (χ0) is 29.9. The van der Waals surface area contributed by atoms with Crippen LogP contribution in [0, 0.1) is 0 Å². The van der Waals surface area contributed by atoms with Gasteiger partial charge in [-0.2, -0.15) is 0 Å². The number of aromatic nitrogens is 2. The molecule has 0 saturated carbocycles. The second-order valence-electron chi connectivity index (χ2n) is 10.4. The Morgan fingerprint density at radius 1 is 0.884 bits per heavy atom. The Balaban J connectivity index is 1.13. The molecule has 43 heavy (non-hydrogen) atoms. The van der Waals surface area contributed by atoms with Crippen LogP contribution >= 0.6 is 23.2 Å². The van der Waals surface area contributed by atoms with Crippen molar-refractivity contribution < 1.29 is 19.1 Å². The number of amides is 2. The average molecular weight is 619 g/mol. The van der Waals surface area contributed by atoms with E-state index in [1.807, 2.05) is 55.5 Å². The minimum atomic E-state index is -0.327. The zero-order valence-electron chi connectivity index (χ0n) is 23.5. The van der Waals surface area contributed by atoms with Crippen LogP contribution in [0.3, 0.4) is 0 Å². The van der Waals surface area contributed by atoms with Gasteiger partial charge in [0.2, 0.25) is 12.7 Å². The molecule has 2 aliphatic heterocycles. The van der Waals surface area contributed by atoms with Crippen LogP contribution in [0.25, 0.3) is 11.3 Å². The molecule has 1 saturated heterocycles. The van der Waals surface area contributed by atoms with Gasteiger partial charge in [-0.1, -0.05) is 53.5 Å². The molecule has 1 fully saturated rings. The maximum atomic E-state index is 13.8. The zero-order valence-corrected chi connectivity index (χ0v) is 25.0. The lowest BCUT2D eigenvalue weighted by Gasteiger charge is -2.37. The first-order valence-electron chi connectivity index (χ1n) is 13.9. The second kappa shape index (κ2) is 12.5. The van der Waals surface area contributed by atoms with Crippen LogP contribution in [0.1, 0.15) is 28.9 Å². The van der Waals surface area contributed by atoms with E-state index in [2.05, 4.69) is 15.1 Å². The lowest BCUT2D eigenvalue weighted by molar-refractivity contribution is -0.132. The second-order valence-corrected chi connectivity index (χ2v) is 11.2. The van der Waals surface area contributed by atoms with E-state index in [0.29, 0.717) is 59.0 Å². The summed E-state index contributed by atoms with van der Waals surface area (Å²) in [6, 6.07) is 23.5. The summed E-state index contributed by atoms with van der Waals surface area (Å²) >= 11 is 12.3. The van der Waals surface area contributed by atoms with Crippen molar-refractivity contribution >= 4 is 40.8 Å². The Kier molecular flexibility index (Phi) is 8.35. The third-order valence-corrected chi connectivity index (χ3v) is 8.30. The quantitative estimate of drug-likeness (QED) is 0.262. The molecular formula is C32H29Cl2N5O4. The monoisotopic (exact) mass is 617 g/mol. The summed E-state index contributed by atoms with van der Waals surface area (Å²) in [7, 11) is 0. The Hall–Kier alpha value is -4.34. The fourth-order valence-electron chi connectivity index (χ4n) is 5.26. The molecule has 6 rings (SSSR count). The third kappa shape index (κ3) is 6.23. The number of fused-ring (bicyclic) bond motifs is 1. The summed E-state index contributed by atoms with van der Waals surface area (Å²) in [4.78, 5) is 32.9. The molecule has 2 aliphatic rings. The highest BCUT2D eigenvalue weighted by Crippen LogP contribution is 2.34. The Bertz CT molecular complexity index is 1630. The van der Waals surface area contributed by atoms with Crippen molar-refractivity contribution in [3.63, 3.8) is 0 Å². The fraction of sp³-hybridized carbons (Fsp3) is 0.250. The van der Waals surface area contributed by atoms with E-state index in [4.69, 9.17) is 32.7 Å². The van der Waals surface area contributed by atoms with Crippen LogP contribution in [-0.4, -0.2) is 71.3 Å². The Morgan fingerprint density at radius 3 is 2.37 bits per heavy atom. The summed E-state index contributed by atoms with van der Waals surface area (Å²) < 4.78 is 10.9. The minimum Gasteiger partial charge on any atom is -0.454 e. The summed E-state index contributed by atoms with van der Waals surface area (Å²) in [6.45, 7) is 4.17. The van der Waals surface area contributed by atoms with Crippen LogP contribution in [0.2, 0.25) is 10.0 Å². The lowest BCUT2D eigenvalue weighted by atomic mass is 10.0. The van der Waals surface area contributed by atoms with Gasteiger partial charge in [-0.25, -0.2) is 0 Å². The van der Waals surface area contributed by atoms with Crippen molar-refractivity contribution in [1.29, 1.82) is 0 Å². The molecule has 220 valence electrons. The van der Waals surface area contributed by atoms with Crippen molar-refractivity contribution in [3.8, 4) is 22.8 Å². The van der Waals surface area contributed by atoms with E-state index in [-0.39, 0.29) is 31.2 Å². The molecule has 1 unspecified atom stereocenters. The number of anilines is 1. The maximum Gasteiger partial charge on any atom is 0.254 e. The molecule has 0 spiro atoms. The SMILES string of the molecule is CC(c1ccccc1)N(CC(=O)N1CCN(c2ccc(-c3ccc(Cl)cc3Cl)nn2)CC1)C(=O)c1ccc2c(c1)OCO2. The van der Waals surface area contributed by atoms with Crippen LogP contribution in [-0.2, 0) is 4.79 Å². The molecule has 1 atom stereocenters. The van der Waals surface area contributed by atoms with Crippen LogP contribution in [0.4, 0.5) is 5.82 Å². The van der Waals surface area contributed by atoms with Gasteiger partial charge in [-0.05, 0) is 61.0 Å². The van der Waals surface area contributed by atoms with E-state index in [1.54, 1.807) is 40.1 Å². The first-order valence-corrected chi connectivity index (χ1v) is 14.7. The predicted octanol–water partition coefficient (Wildman–Crippen LogP) is 5.73. The van der Waals surface area contributed by atoms with Gasteiger partial charge in [0.05, 0.1) is 16.8 Å². The van der Waals surface area contributed by atoms with Gasteiger partial charge in [-0.3, -0.25) is 9.59 Å². The number of carbonyl (C=O) groups is 2. The molecule has 0 aliphatic carbocycles. The highest BCUT2D eigenvalue weighted by molar-refractivity contribution is 6.36. The van der Waals surface area contributed by atoms with Crippen molar-refractivity contribution in [2.24, 2.45) is 0 Å². The molecule has 0 N–H and O–H groups in total. The van der Waals surface area contributed by atoms with Gasteiger partial charge in [0.1, 0.15) is 6.54 Å². The number of piperazine rings is 1. The molecule has 0 bridgehead atoms. The number of hydrogen-bond donors (Lipinski definition) is 0. The number of rotatable bonds is 7. The lowest BCUT2D eigenvalue weighted by Crippen LogP contribution is -2.52. The number of nitrogens with zero attached hydrogens (tertiary/aromatic N) is 5. The minimum absolute atomic E-state index is 0.0559. The van der Waals surface area contributed by atoms with E-state index >= 15 is 0 Å². The molecule has 9 nitrogen and oxygen atoms in total. The van der Waals surface area contributed by atoms with E-state index in [0.717, 1.165) is 16.9 Å². The number of halogens is 2. The molecule has 1 aromatic heterocycles. The van der Waals surface area contributed by atoms with E-state index in [9.17, 15) is 9.59 Å². The van der Waals surface area contributed by atoms with Crippen molar-refractivity contribution in [3.05, 3.63) is 100 Å². The number of ether oxygens (including phenoxy) is 2. The maximum absolute atomic E-state index is 13.8. The first-order chi connectivity index (χ1) is 20.9. The van der Waals surface area contributed by atoms with Gasteiger partial charge in [0, 0.05) is 42.3 Å². The van der Waals surface area contributed by atoms with Gasteiger partial charge in [0.25, 0.3) is 5.91 Å². The van der Waals surface area contributed by atoms with Gasteiger partial charge >= 0.3 is 0 Å². The van der Waals surface area contributed by atoms with E-state index in [1.165, 1.54) is 0 Å². The number of benzene rings is 3. The van der Waals surface area contributed by atoms with Crippen molar-refractivity contribution in [1.82, 2.24) is 20.0 Å². The Morgan fingerprint density at radius 2 is 1.65 bits per heavy atom. The van der Waals surface area contributed by atoms with Crippen LogP contribution in [0.15, 0.2) is 78.9 Å². The van der Waals surface area contributed by atoms with Crippen molar-refractivity contribution in [2.45, 2.75) is 13.0 Å². The largest absolute Gasteiger partial charge is 0.454 e. The average Bonchev–Trinajstić information content (AvgIpc) is 3.52. The molecule has 3 heterocycles. The molecule has 4 aromatic rings. The third-order valence-electron chi connectivity index (χ3n) is 7.75. The van der Waals surface area contributed by atoms with Gasteiger partial charge in [0.15, 0.2) is 17.3 Å². The normalized spacial score (nSPS) is 14.9. The summed E-state index contributed by atoms with van der Waals surface area (Å²) in [5, 5.41) is 9.84. The highest BCUT2D eigenvalue weighted by Gasteiger charge is 2.30. The van der Waals surface area contributed by atoms with Gasteiger partial charge < -0.3 is 24.2 Å². The van der Waals surface area contributed by atoms with Crippen molar-refractivity contribution in [2.75, 3.05) is 44.4 Å². The van der Waals surface area contributed by atoms with Crippen LogP contribution in [0.5, 0.6) is 11.5 Å². The molecule has 3 aromatic carbocycles. The highest BCUT2D eigenvalue weighted by atomic mass is 35.5. The molecule has 2 amide bonds. The van der Waals surface area contributed by atoms with Gasteiger partial charge in [-0.15, -0.1) is 10.2 Å². The van der Waals surface area contributed by atoms with E-state index < -0.39 is 0 Å². The molecule has 11 heteroatoms. The summed E-state index contributed by atoms with van der Waals surface area (Å²) in [6.07, 6.45) is 0. The fourth-order valence-corrected chi connectivity index (χ4v) is 5.76. The number of hydrogen-bond acceptors (Lipinski definition) is 7. The topological polar surface area (TPSA) is 88.1 Å². The summed E-state index contributed by atoms with van der Waals surface area (Å²) in [5.41, 5.74) is 2.78. The summed E-state index contributed by atoms with van der Waals surface area (Å²) in [5.74, 6) is 1.47. The Labute approximate surface area is 259 Å². The first kappa shape index (κ1) is 28.8. The smallest absolute Gasteiger partial charge is 0.254 e. The number of carbonyl (C=O) groups excluding carboxylic acids is 2. The standard InChI is InChI=1S/C32H29Cl2N5O4/c1-21(22-5-3-2-4-6-22)39(32(41)23-7-11-28-29(17-23)43-20-42-28)19-31(40)38-15-13-37(14-16-38)30-12-10-27(35-36-30)25-9-8-24(33)18-26(25)34/h2-12,17-18,21H,13-16,19-20H2,1H3. The molecular weight excluding hydrogens is 589 g/mol. The predicted molar refractivity (Wildman–Crippen MR) is 165 cm³/mol.